The summed E-state index contributed by atoms with van der Waals surface area (Å²) in [6.07, 6.45) is 0. The van der Waals surface area contributed by atoms with Crippen LogP contribution < -0.4 is 9.80 Å². The van der Waals surface area contributed by atoms with E-state index in [0.29, 0.717) is 24.5 Å². The molecular weight excluding hydrogens is 301 g/mol. The molecule has 23 heavy (non-hydrogen) atoms. The molecule has 0 fully saturated rings. The number of rotatable bonds is 2. The van der Waals surface area contributed by atoms with E-state index in [1.54, 1.807) is 6.07 Å². The monoisotopic (exact) mass is 315 g/mol. The van der Waals surface area contributed by atoms with Gasteiger partial charge in [-0.25, -0.2) is 4.39 Å². The molecule has 0 aromatic heterocycles. The number of halogens is 1. The number of anilines is 2. The fourth-order valence-corrected chi connectivity index (χ4v) is 2.69. The Bertz CT molecular complexity index is 794. The zero-order chi connectivity index (χ0) is 16.6. The van der Waals surface area contributed by atoms with E-state index in [1.807, 2.05) is 11.9 Å². The minimum absolute atomic E-state index is 0.0253. The summed E-state index contributed by atoms with van der Waals surface area (Å²) in [4.78, 5) is 26.6. The first-order valence-corrected chi connectivity index (χ1v) is 7.05. The second kappa shape index (κ2) is 5.68. The van der Waals surface area contributed by atoms with E-state index in [0.717, 1.165) is 0 Å². The maximum absolute atomic E-state index is 13.5. The topological polar surface area (TPSA) is 66.7 Å². The number of hydrogen-bond acceptors (Lipinski definition) is 4. The van der Waals surface area contributed by atoms with Crippen LogP contribution in [-0.4, -0.2) is 31.0 Å². The number of hydrogen-bond donors (Lipinski definition) is 0. The average molecular weight is 315 g/mol. The smallest absolute Gasteiger partial charge is 0.282 e. The summed E-state index contributed by atoms with van der Waals surface area (Å²) < 4.78 is 13.5. The van der Waals surface area contributed by atoms with Gasteiger partial charge in [-0.3, -0.25) is 14.9 Å². The highest BCUT2D eigenvalue weighted by molar-refractivity contribution is 6.10. The minimum Gasteiger partial charge on any atom is -0.371 e. The standard InChI is InChI=1S/C16H14FN3O3/c1-18-8-9-19(14-7-6-11(17)10-15(14)18)16(21)12-4-2-3-5-13(12)20(22)23/h2-7,10H,8-9H2,1H3. The predicted octanol–water partition coefficient (Wildman–Crippen LogP) is 2.83. The van der Waals surface area contributed by atoms with Crippen LogP contribution in [0.2, 0.25) is 0 Å². The largest absolute Gasteiger partial charge is 0.371 e. The van der Waals surface area contributed by atoms with Crippen LogP contribution in [0, 0.1) is 15.9 Å². The Morgan fingerprint density at radius 1 is 1.17 bits per heavy atom. The maximum Gasteiger partial charge on any atom is 0.282 e. The summed E-state index contributed by atoms with van der Waals surface area (Å²) in [5.41, 5.74) is 0.920. The third kappa shape index (κ3) is 2.61. The van der Waals surface area contributed by atoms with E-state index in [1.165, 1.54) is 41.3 Å². The number of carbonyl (C=O) groups excluding carboxylic acids is 1. The highest BCUT2D eigenvalue weighted by Gasteiger charge is 2.30. The highest BCUT2D eigenvalue weighted by Crippen LogP contribution is 2.34. The summed E-state index contributed by atoms with van der Waals surface area (Å²) >= 11 is 0. The van der Waals surface area contributed by atoms with Crippen LogP contribution in [0.25, 0.3) is 0 Å². The molecule has 0 bridgehead atoms. The van der Waals surface area contributed by atoms with Crippen molar-refractivity contribution in [3.8, 4) is 0 Å². The fraction of sp³-hybridized carbons (Fsp3) is 0.188. The molecule has 2 aromatic rings. The lowest BCUT2D eigenvalue weighted by Crippen LogP contribution is -2.42. The molecule has 0 N–H and O–H groups in total. The van der Waals surface area contributed by atoms with Crippen LogP contribution in [0.4, 0.5) is 21.5 Å². The number of para-hydroxylation sites is 1. The van der Waals surface area contributed by atoms with E-state index in [4.69, 9.17) is 0 Å². The minimum atomic E-state index is -0.575. The first-order valence-electron chi connectivity index (χ1n) is 7.05. The first kappa shape index (κ1) is 15.0. The zero-order valence-corrected chi connectivity index (χ0v) is 12.4. The van der Waals surface area contributed by atoms with Gasteiger partial charge in [0.05, 0.1) is 16.3 Å². The molecule has 1 aliphatic rings. The van der Waals surface area contributed by atoms with Crippen molar-refractivity contribution < 1.29 is 14.1 Å². The van der Waals surface area contributed by atoms with Crippen LogP contribution >= 0.6 is 0 Å². The van der Waals surface area contributed by atoms with Gasteiger partial charge in [-0.05, 0) is 24.3 Å². The van der Waals surface area contributed by atoms with Gasteiger partial charge >= 0.3 is 0 Å². The van der Waals surface area contributed by atoms with Crippen LogP contribution in [0.1, 0.15) is 10.4 Å². The Balaban J connectivity index is 2.06. The Hall–Kier alpha value is -2.96. The van der Waals surface area contributed by atoms with Crippen LogP contribution in [0.3, 0.4) is 0 Å². The molecule has 2 aromatic carbocycles. The van der Waals surface area contributed by atoms with Gasteiger partial charge in [0.2, 0.25) is 0 Å². The number of likely N-dealkylation sites (N-methyl/N-ethyl adjacent to an activating group) is 1. The maximum atomic E-state index is 13.5. The summed E-state index contributed by atoms with van der Waals surface area (Å²) in [6.45, 7) is 0.892. The molecule has 0 atom stereocenters. The Morgan fingerprint density at radius 3 is 2.65 bits per heavy atom. The van der Waals surface area contributed by atoms with Gasteiger partial charge in [-0.1, -0.05) is 12.1 Å². The molecule has 0 unspecified atom stereocenters. The summed E-state index contributed by atoms with van der Waals surface area (Å²) in [5.74, 6) is -0.853. The zero-order valence-electron chi connectivity index (χ0n) is 12.4. The molecule has 0 saturated carbocycles. The molecule has 1 aliphatic heterocycles. The number of nitro benzene ring substituents is 1. The van der Waals surface area contributed by atoms with Gasteiger partial charge < -0.3 is 9.80 Å². The van der Waals surface area contributed by atoms with Gasteiger partial charge in [-0.15, -0.1) is 0 Å². The van der Waals surface area contributed by atoms with Gasteiger partial charge in [0.15, 0.2) is 0 Å². The molecule has 0 saturated heterocycles. The van der Waals surface area contributed by atoms with Gasteiger partial charge in [0.25, 0.3) is 11.6 Å². The van der Waals surface area contributed by atoms with Gasteiger partial charge in [-0.2, -0.15) is 0 Å². The molecule has 1 amide bonds. The fourth-order valence-electron chi connectivity index (χ4n) is 2.69. The normalized spacial score (nSPS) is 13.7. The number of fused-ring (bicyclic) bond motifs is 1. The van der Waals surface area contributed by atoms with Crippen molar-refractivity contribution in [3.05, 3.63) is 64.0 Å². The molecule has 6 nitrogen and oxygen atoms in total. The van der Waals surface area contributed by atoms with Crippen molar-refractivity contribution in [2.45, 2.75) is 0 Å². The predicted molar refractivity (Wildman–Crippen MR) is 84.4 cm³/mol. The summed E-state index contributed by atoms with van der Waals surface area (Å²) in [5, 5.41) is 11.1. The third-order valence-electron chi connectivity index (χ3n) is 3.87. The lowest BCUT2D eigenvalue weighted by atomic mass is 10.1. The van der Waals surface area contributed by atoms with E-state index in [2.05, 4.69) is 0 Å². The van der Waals surface area contributed by atoms with Crippen molar-refractivity contribution in [1.29, 1.82) is 0 Å². The molecular formula is C16H14FN3O3. The quantitative estimate of drug-likeness (QED) is 0.631. The number of nitrogens with zero attached hydrogens (tertiary/aromatic N) is 3. The van der Waals surface area contributed by atoms with Crippen molar-refractivity contribution in [2.75, 3.05) is 29.9 Å². The second-order valence-corrected chi connectivity index (χ2v) is 5.29. The molecule has 3 rings (SSSR count). The summed E-state index contributed by atoms with van der Waals surface area (Å²) in [7, 11) is 1.81. The molecule has 0 radical (unpaired) electrons. The van der Waals surface area contributed by atoms with Crippen LogP contribution in [-0.2, 0) is 0 Å². The highest BCUT2D eigenvalue weighted by atomic mass is 19.1. The van der Waals surface area contributed by atoms with E-state index in [9.17, 15) is 19.3 Å². The van der Waals surface area contributed by atoms with Crippen molar-refractivity contribution in [3.63, 3.8) is 0 Å². The van der Waals surface area contributed by atoms with E-state index < -0.39 is 16.6 Å². The van der Waals surface area contributed by atoms with Gasteiger partial charge in [0.1, 0.15) is 11.4 Å². The van der Waals surface area contributed by atoms with E-state index >= 15 is 0 Å². The number of nitro groups is 1. The van der Waals surface area contributed by atoms with Crippen molar-refractivity contribution in [1.82, 2.24) is 0 Å². The Morgan fingerprint density at radius 2 is 1.91 bits per heavy atom. The van der Waals surface area contributed by atoms with Crippen LogP contribution in [0.5, 0.6) is 0 Å². The lowest BCUT2D eigenvalue weighted by Gasteiger charge is -2.35. The molecule has 1 heterocycles. The van der Waals surface area contributed by atoms with Crippen LogP contribution in [0.15, 0.2) is 42.5 Å². The Kier molecular flexibility index (Phi) is 3.69. The molecule has 7 heteroatoms. The average Bonchev–Trinajstić information content (AvgIpc) is 2.55. The SMILES string of the molecule is CN1CCN(C(=O)c2ccccc2[N+](=O)[O-])c2ccc(F)cc21. The second-order valence-electron chi connectivity index (χ2n) is 5.29. The van der Waals surface area contributed by atoms with Crippen molar-refractivity contribution >= 4 is 23.0 Å². The number of carbonyl (C=O) groups is 1. The number of amides is 1. The van der Waals surface area contributed by atoms with Crippen molar-refractivity contribution in [2.24, 2.45) is 0 Å². The van der Waals surface area contributed by atoms with Gasteiger partial charge in [0, 0.05) is 26.2 Å². The lowest BCUT2D eigenvalue weighted by molar-refractivity contribution is -0.385. The van der Waals surface area contributed by atoms with E-state index in [-0.39, 0.29) is 11.3 Å². The molecule has 0 spiro atoms. The molecule has 118 valence electrons. The Labute approximate surface area is 131 Å². The summed E-state index contributed by atoms with van der Waals surface area (Å²) in [6, 6.07) is 9.99. The number of benzene rings is 2. The first-order chi connectivity index (χ1) is 11.0. The third-order valence-corrected chi connectivity index (χ3v) is 3.87. The molecule has 0 aliphatic carbocycles.